The summed E-state index contributed by atoms with van der Waals surface area (Å²) in [5.74, 6) is 0.0990. The monoisotopic (exact) mass is 221 g/mol. The molecular formula is C8H15NO4S. The first kappa shape index (κ1) is 13.2. The van der Waals surface area contributed by atoms with Crippen LogP contribution in [0.5, 0.6) is 0 Å². The van der Waals surface area contributed by atoms with E-state index >= 15 is 0 Å². The molecule has 6 heteroatoms. The smallest absolute Gasteiger partial charge is 0.370 e. The Hall–Kier alpha value is -0.750. The van der Waals surface area contributed by atoms with Crippen molar-refractivity contribution in [1.82, 2.24) is 0 Å². The third-order valence-corrected chi connectivity index (χ3v) is 1.96. The van der Waals surface area contributed by atoms with Crippen LogP contribution in [-0.4, -0.2) is 29.9 Å². The van der Waals surface area contributed by atoms with Gasteiger partial charge in [0.1, 0.15) is 0 Å². The van der Waals surface area contributed by atoms with E-state index in [1.165, 1.54) is 6.92 Å². The summed E-state index contributed by atoms with van der Waals surface area (Å²) >= 11 is 0.962. The Morgan fingerprint density at radius 3 is 2.57 bits per heavy atom. The Labute approximate surface area is 87.3 Å². The maximum atomic E-state index is 11.0. The van der Waals surface area contributed by atoms with E-state index in [1.54, 1.807) is 6.92 Å². The highest BCUT2D eigenvalue weighted by atomic mass is 32.2. The zero-order valence-corrected chi connectivity index (χ0v) is 9.13. The number of carbonyl (C=O) groups is 2. The van der Waals surface area contributed by atoms with E-state index in [0.717, 1.165) is 11.8 Å². The molecule has 0 aromatic heterocycles. The molecule has 0 bridgehead atoms. The molecule has 0 aromatic rings. The third-order valence-electron chi connectivity index (χ3n) is 1.19. The van der Waals surface area contributed by atoms with E-state index in [-0.39, 0.29) is 6.42 Å². The van der Waals surface area contributed by atoms with Crippen molar-refractivity contribution in [2.24, 2.45) is 5.73 Å². The van der Waals surface area contributed by atoms with Gasteiger partial charge in [0.2, 0.25) is 6.29 Å². The minimum atomic E-state index is -0.833. The zero-order chi connectivity index (χ0) is 11.0. The Morgan fingerprint density at radius 1 is 1.43 bits per heavy atom. The topological polar surface area (TPSA) is 78.6 Å². The molecule has 0 aliphatic carbocycles. The van der Waals surface area contributed by atoms with Gasteiger partial charge in [-0.15, -0.1) is 0 Å². The second-order valence-corrected chi connectivity index (χ2v) is 3.45. The van der Waals surface area contributed by atoms with E-state index in [0.29, 0.717) is 12.3 Å². The fourth-order valence-corrected chi connectivity index (χ4v) is 1.09. The van der Waals surface area contributed by atoms with E-state index in [1.807, 2.05) is 0 Å². The Balaban J connectivity index is 3.65. The van der Waals surface area contributed by atoms with Crippen molar-refractivity contribution >= 4 is 23.0 Å². The Morgan fingerprint density at radius 2 is 2.07 bits per heavy atom. The Kier molecular flexibility index (Phi) is 7.23. The molecule has 0 amide bonds. The van der Waals surface area contributed by atoms with Crippen molar-refractivity contribution in [3.8, 4) is 0 Å². The van der Waals surface area contributed by atoms with Gasteiger partial charge in [0.25, 0.3) is 0 Å². The lowest BCUT2D eigenvalue weighted by Crippen LogP contribution is -2.19. The number of nitrogens with two attached hydrogens (primary N) is 1. The molecule has 0 saturated carbocycles. The molecule has 1 atom stereocenters. The molecule has 0 heterocycles. The van der Waals surface area contributed by atoms with E-state index < -0.39 is 17.6 Å². The molecule has 2 N–H and O–H groups in total. The van der Waals surface area contributed by atoms with E-state index in [4.69, 9.17) is 15.2 Å². The highest BCUT2D eigenvalue weighted by molar-refractivity contribution is 8.13. The van der Waals surface area contributed by atoms with Crippen LogP contribution in [0.25, 0.3) is 0 Å². The summed E-state index contributed by atoms with van der Waals surface area (Å²) in [7, 11) is 0. The predicted octanol–water partition coefficient (Wildman–Crippen LogP) is 1.11. The van der Waals surface area contributed by atoms with Crippen LogP contribution >= 0.6 is 11.8 Å². The normalized spacial score (nSPS) is 11.9. The first-order valence-corrected chi connectivity index (χ1v) is 5.31. The van der Waals surface area contributed by atoms with Crippen LogP contribution in [0.15, 0.2) is 0 Å². The van der Waals surface area contributed by atoms with E-state index in [9.17, 15) is 9.59 Å². The van der Waals surface area contributed by atoms with Crippen LogP contribution in [0.4, 0.5) is 4.79 Å². The van der Waals surface area contributed by atoms with Crippen LogP contribution < -0.4 is 5.73 Å². The van der Waals surface area contributed by atoms with Crippen LogP contribution in [-0.2, 0) is 14.3 Å². The van der Waals surface area contributed by atoms with Gasteiger partial charge in [-0.05, 0) is 11.8 Å². The lowest BCUT2D eigenvalue weighted by Gasteiger charge is -2.12. The quantitative estimate of drug-likeness (QED) is 0.553. The van der Waals surface area contributed by atoms with Crippen molar-refractivity contribution in [1.29, 1.82) is 0 Å². The number of carbonyl (C=O) groups excluding carboxylic acids is 2. The summed E-state index contributed by atoms with van der Waals surface area (Å²) in [5.41, 5.74) is 5.20. The number of esters is 1. The summed E-state index contributed by atoms with van der Waals surface area (Å²) < 4.78 is 9.47. The number of thioether (sulfide) groups is 1. The molecule has 14 heavy (non-hydrogen) atoms. The van der Waals surface area contributed by atoms with Gasteiger partial charge in [-0.1, -0.05) is 6.92 Å². The van der Waals surface area contributed by atoms with Crippen molar-refractivity contribution in [2.75, 3.05) is 12.3 Å². The summed E-state index contributed by atoms with van der Waals surface area (Å²) in [6.45, 7) is 3.57. The van der Waals surface area contributed by atoms with Crippen molar-refractivity contribution in [3.05, 3.63) is 0 Å². The van der Waals surface area contributed by atoms with E-state index in [2.05, 4.69) is 0 Å². The second kappa shape index (κ2) is 7.64. The summed E-state index contributed by atoms with van der Waals surface area (Å²) in [4.78, 5) is 21.8. The van der Waals surface area contributed by atoms with Gasteiger partial charge < -0.3 is 15.2 Å². The van der Waals surface area contributed by atoms with Gasteiger partial charge in [0.15, 0.2) is 0 Å². The predicted molar refractivity (Wildman–Crippen MR) is 53.8 cm³/mol. The third kappa shape index (κ3) is 6.73. The van der Waals surface area contributed by atoms with Gasteiger partial charge in [0.05, 0.1) is 0 Å². The highest BCUT2D eigenvalue weighted by Crippen LogP contribution is 2.07. The summed E-state index contributed by atoms with van der Waals surface area (Å²) in [6, 6.07) is 0. The van der Waals surface area contributed by atoms with Gasteiger partial charge in [0, 0.05) is 25.6 Å². The number of hydrogen-bond donors (Lipinski definition) is 1. The highest BCUT2D eigenvalue weighted by Gasteiger charge is 2.12. The molecule has 0 rings (SSSR count). The molecular weight excluding hydrogens is 206 g/mol. The molecule has 0 saturated heterocycles. The SMILES string of the molecule is CCC(=O)O[C@H](C)OC(=O)SCCN. The van der Waals surface area contributed by atoms with Crippen molar-refractivity contribution in [3.63, 3.8) is 0 Å². The van der Waals surface area contributed by atoms with Gasteiger partial charge in [-0.25, -0.2) is 4.79 Å². The van der Waals surface area contributed by atoms with Crippen molar-refractivity contribution < 1.29 is 19.1 Å². The lowest BCUT2D eigenvalue weighted by molar-refractivity contribution is -0.163. The first-order valence-electron chi connectivity index (χ1n) is 4.33. The van der Waals surface area contributed by atoms with Crippen LogP contribution in [0.3, 0.4) is 0 Å². The van der Waals surface area contributed by atoms with Gasteiger partial charge in [-0.2, -0.15) is 0 Å². The fourth-order valence-electron chi connectivity index (χ4n) is 0.604. The van der Waals surface area contributed by atoms with Gasteiger partial charge in [-0.3, -0.25) is 4.79 Å². The lowest BCUT2D eigenvalue weighted by atomic mass is 10.5. The number of ether oxygens (including phenoxy) is 2. The molecule has 0 unspecified atom stereocenters. The molecule has 82 valence electrons. The maximum absolute atomic E-state index is 11.0. The van der Waals surface area contributed by atoms with Crippen LogP contribution in [0.1, 0.15) is 20.3 Å². The molecule has 0 aromatic carbocycles. The average Bonchev–Trinajstić information content (AvgIpc) is 2.14. The zero-order valence-electron chi connectivity index (χ0n) is 8.32. The number of rotatable bonds is 5. The molecule has 0 aliphatic heterocycles. The largest absolute Gasteiger partial charge is 0.425 e. The Bertz CT molecular complexity index is 198. The minimum Gasteiger partial charge on any atom is -0.425 e. The molecule has 0 radical (unpaired) electrons. The maximum Gasteiger partial charge on any atom is 0.370 e. The van der Waals surface area contributed by atoms with Crippen LogP contribution in [0, 0.1) is 0 Å². The molecule has 0 spiro atoms. The minimum absolute atomic E-state index is 0.262. The van der Waals surface area contributed by atoms with Crippen LogP contribution in [0.2, 0.25) is 0 Å². The second-order valence-electron chi connectivity index (χ2n) is 2.42. The molecule has 5 nitrogen and oxygen atoms in total. The fraction of sp³-hybridized carbons (Fsp3) is 0.750. The molecule has 0 aliphatic rings. The van der Waals surface area contributed by atoms with Crippen molar-refractivity contribution in [2.45, 2.75) is 26.6 Å². The summed E-state index contributed by atoms with van der Waals surface area (Å²) in [6.07, 6.45) is -0.571. The summed E-state index contributed by atoms with van der Waals surface area (Å²) in [5, 5.41) is -0.480. The molecule has 0 fully saturated rings. The standard InChI is InChI=1S/C8H15NO4S/c1-3-7(10)12-6(2)13-8(11)14-5-4-9/h6H,3-5,9H2,1-2H3/t6-/m0/s1. The number of hydrogen-bond acceptors (Lipinski definition) is 6. The first-order chi connectivity index (χ1) is 6.60. The van der Waals surface area contributed by atoms with Gasteiger partial charge >= 0.3 is 11.3 Å². The average molecular weight is 221 g/mol.